The summed E-state index contributed by atoms with van der Waals surface area (Å²) >= 11 is 0. The molecule has 134 valence electrons. The molecule has 0 spiro atoms. The van der Waals surface area contributed by atoms with Crippen molar-refractivity contribution in [2.45, 2.75) is 19.3 Å². The zero-order valence-corrected chi connectivity index (χ0v) is 14.8. The molecule has 0 aromatic heterocycles. The first-order valence-electron chi connectivity index (χ1n) is 8.61. The van der Waals surface area contributed by atoms with Gasteiger partial charge in [-0.2, -0.15) is 0 Å². The topological polar surface area (TPSA) is 67.9 Å². The molecule has 0 aliphatic carbocycles. The second-order valence-corrected chi connectivity index (χ2v) is 6.43. The molecule has 4 rings (SSSR count). The fraction of sp³-hybridized carbons (Fsp3) is 0.300. The largest absolute Gasteiger partial charge is 0.493 e. The highest BCUT2D eigenvalue weighted by molar-refractivity contribution is 6.07. The second kappa shape index (κ2) is 6.37. The maximum absolute atomic E-state index is 12.8. The average molecular weight is 352 g/mol. The lowest BCUT2D eigenvalue weighted by atomic mass is 9.98. The van der Waals surface area contributed by atoms with Gasteiger partial charge in [0.15, 0.2) is 11.5 Å². The van der Waals surface area contributed by atoms with E-state index in [-0.39, 0.29) is 11.8 Å². The number of benzene rings is 2. The number of nitrogens with zero attached hydrogens (tertiary/aromatic N) is 1. The van der Waals surface area contributed by atoms with Gasteiger partial charge in [-0.1, -0.05) is 6.07 Å². The van der Waals surface area contributed by atoms with Crippen LogP contribution in [-0.4, -0.2) is 32.6 Å². The van der Waals surface area contributed by atoms with Crippen LogP contribution in [0.25, 0.3) is 0 Å². The summed E-state index contributed by atoms with van der Waals surface area (Å²) in [5.41, 5.74) is 4.43. The fourth-order valence-electron chi connectivity index (χ4n) is 3.79. The fourth-order valence-corrected chi connectivity index (χ4v) is 3.79. The minimum absolute atomic E-state index is 0.189. The molecule has 0 atom stereocenters. The molecule has 0 radical (unpaired) electrons. The molecule has 2 aromatic carbocycles. The molecule has 1 N–H and O–H groups in total. The molecule has 0 bridgehead atoms. The Balaban J connectivity index is 1.65. The smallest absolute Gasteiger partial charge is 0.259 e. The normalized spacial score (nSPS) is 14.8. The minimum Gasteiger partial charge on any atom is -0.493 e. The molecule has 6 nitrogen and oxygen atoms in total. The van der Waals surface area contributed by atoms with Crippen molar-refractivity contribution >= 4 is 23.2 Å². The molecule has 2 heterocycles. The molecule has 6 heteroatoms. The first-order valence-corrected chi connectivity index (χ1v) is 8.61. The average Bonchev–Trinajstić information content (AvgIpc) is 3.09. The van der Waals surface area contributed by atoms with E-state index in [2.05, 4.69) is 5.32 Å². The number of carbonyl (C=O) groups excluding carboxylic acids is 2. The molecule has 26 heavy (non-hydrogen) atoms. The van der Waals surface area contributed by atoms with E-state index in [0.29, 0.717) is 29.9 Å². The summed E-state index contributed by atoms with van der Waals surface area (Å²) in [6.45, 7) is 0.724. The van der Waals surface area contributed by atoms with Crippen molar-refractivity contribution in [3.05, 3.63) is 47.0 Å². The van der Waals surface area contributed by atoms with E-state index in [4.69, 9.17) is 9.47 Å². The van der Waals surface area contributed by atoms with E-state index in [1.807, 2.05) is 17.0 Å². The van der Waals surface area contributed by atoms with Gasteiger partial charge in [0, 0.05) is 18.7 Å². The van der Waals surface area contributed by atoms with Crippen LogP contribution in [0.4, 0.5) is 11.4 Å². The van der Waals surface area contributed by atoms with Gasteiger partial charge >= 0.3 is 0 Å². The van der Waals surface area contributed by atoms with Crippen molar-refractivity contribution in [1.29, 1.82) is 0 Å². The molecule has 0 saturated heterocycles. The van der Waals surface area contributed by atoms with E-state index >= 15 is 0 Å². The van der Waals surface area contributed by atoms with E-state index in [9.17, 15) is 9.59 Å². The van der Waals surface area contributed by atoms with E-state index in [0.717, 1.165) is 35.5 Å². The highest BCUT2D eigenvalue weighted by Gasteiger charge is 2.31. The lowest BCUT2D eigenvalue weighted by Crippen LogP contribution is -2.32. The Morgan fingerprint density at radius 1 is 1.08 bits per heavy atom. The summed E-state index contributed by atoms with van der Waals surface area (Å²) in [7, 11) is 3.05. The lowest BCUT2D eigenvalue weighted by Gasteiger charge is -2.25. The highest BCUT2D eigenvalue weighted by atomic mass is 16.5. The maximum atomic E-state index is 12.8. The molecule has 0 saturated carbocycles. The molecule has 2 aromatic rings. The van der Waals surface area contributed by atoms with Crippen LogP contribution in [0.5, 0.6) is 11.5 Å². The highest BCUT2D eigenvalue weighted by Crippen LogP contribution is 2.39. The van der Waals surface area contributed by atoms with Gasteiger partial charge in [0.2, 0.25) is 5.91 Å². The monoisotopic (exact) mass is 352 g/mol. The molecule has 2 amide bonds. The van der Waals surface area contributed by atoms with Crippen LogP contribution in [0.15, 0.2) is 30.3 Å². The predicted octanol–water partition coefficient (Wildman–Crippen LogP) is 2.79. The number of amides is 2. The summed E-state index contributed by atoms with van der Waals surface area (Å²) in [4.78, 5) is 26.7. The zero-order chi connectivity index (χ0) is 18.3. The Kier molecular flexibility index (Phi) is 4.03. The van der Waals surface area contributed by atoms with Crippen molar-refractivity contribution in [2.24, 2.45) is 0 Å². The third kappa shape index (κ3) is 2.58. The van der Waals surface area contributed by atoms with Gasteiger partial charge in [-0.25, -0.2) is 0 Å². The molecular weight excluding hydrogens is 332 g/mol. The van der Waals surface area contributed by atoms with E-state index in [1.54, 1.807) is 18.2 Å². The third-order valence-corrected chi connectivity index (χ3v) is 4.96. The molecule has 2 aliphatic heterocycles. The Morgan fingerprint density at radius 3 is 2.58 bits per heavy atom. The number of methoxy groups -OCH3 is 2. The number of hydrogen-bond acceptors (Lipinski definition) is 4. The van der Waals surface area contributed by atoms with Crippen LogP contribution < -0.4 is 19.7 Å². The lowest BCUT2D eigenvalue weighted by molar-refractivity contribution is -0.118. The van der Waals surface area contributed by atoms with Gasteiger partial charge in [0.05, 0.1) is 25.5 Å². The quantitative estimate of drug-likeness (QED) is 0.919. The number of hydrogen-bond donors (Lipinski definition) is 1. The Hall–Kier alpha value is -3.02. The van der Waals surface area contributed by atoms with Gasteiger partial charge in [-0.3, -0.25) is 9.59 Å². The van der Waals surface area contributed by atoms with Crippen LogP contribution in [0.2, 0.25) is 0 Å². The van der Waals surface area contributed by atoms with Crippen molar-refractivity contribution in [3.63, 3.8) is 0 Å². The summed E-state index contributed by atoms with van der Waals surface area (Å²) in [6, 6.07) is 9.14. The third-order valence-electron chi connectivity index (χ3n) is 4.96. The number of anilines is 2. The summed E-state index contributed by atoms with van der Waals surface area (Å²) in [5, 5.41) is 2.96. The van der Waals surface area contributed by atoms with Gasteiger partial charge in [-0.15, -0.1) is 0 Å². The molecule has 0 fully saturated rings. The van der Waals surface area contributed by atoms with Crippen molar-refractivity contribution < 1.29 is 19.1 Å². The second-order valence-electron chi connectivity index (χ2n) is 6.43. The Bertz CT molecular complexity index is 907. The van der Waals surface area contributed by atoms with Gasteiger partial charge in [0.1, 0.15) is 0 Å². The maximum Gasteiger partial charge on any atom is 0.259 e. The van der Waals surface area contributed by atoms with Crippen LogP contribution in [0.3, 0.4) is 0 Å². The number of rotatable bonds is 4. The minimum atomic E-state index is -0.255. The van der Waals surface area contributed by atoms with Crippen LogP contribution in [0, 0.1) is 0 Å². The predicted molar refractivity (Wildman–Crippen MR) is 98.3 cm³/mol. The van der Waals surface area contributed by atoms with Crippen molar-refractivity contribution in [2.75, 3.05) is 31.0 Å². The number of para-hydroxylation sites is 1. The Labute approximate surface area is 151 Å². The molecule has 2 aliphatic rings. The first-order chi connectivity index (χ1) is 12.6. The van der Waals surface area contributed by atoms with E-state index < -0.39 is 0 Å². The standard InChI is InChI=1S/C20H20N2O4/c1-25-16-5-3-4-15(19(16)26-2)20(24)21-14-10-12-6-7-17(23)22-9-8-13(11-14)18(12)22/h3-5,10-11H,6-9H2,1-2H3,(H,21,24). The van der Waals surface area contributed by atoms with E-state index in [1.165, 1.54) is 14.2 Å². The zero-order valence-electron chi connectivity index (χ0n) is 14.8. The number of carbonyl (C=O) groups is 2. The van der Waals surface area contributed by atoms with Crippen molar-refractivity contribution in [3.8, 4) is 11.5 Å². The number of aryl methyl sites for hydroxylation is 1. The van der Waals surface area contributed by atoms with Gasteiger partial charge < -0.3 is 19.7 Å². The summed E-state index contributed by atoms with van der Waals surface area (Å²) in [5.74, 6) is 0.855. The molecule has 0 unspecified atom stereocenters. The summed E-state index contributed by atoms with van der Waals surface area (Å²) in [6.07, 6.45) is 2.05. The number of nitrogens with one attached hydrogen (secondary N) is 1. The van der Waals surface area contributed by atoms with Crippen molar-refractivity contribution in [1.82, 2.24) is 0 Å². The molecular formula is C20H20N2O4. The summed E-state index contributed by atoms with van der Waals surface area (Å²) < 4.78 is 10.6. The van der Waals surface area contributed by atoms with Crippen LogP contribution in [-0.2, 0) is 17.6 Å². The van der Waals surface area contributed by atoms with Crippen LogP contribution in [0.1, 0.15) is 27.9 Å². The Morgan fingerprint density at radius 2 is 1.85 bits per heavy atom. The SMILES string of the molecule is COc1cccc(C(=O)Nc2cc3c4c(c2)CCN4C(=O)CC3)c1OC. The van der Waals surface area contributed by atoms with Gasteiger partial charge in [0.25, 0.3) is 5.91 Å². The number of ether oxygens (including phenoxy) is 2. The van der Waals surface area contributed by atoms with Crippen LogP contribution >= 0.6 is 0 Å². The first kappa shape index (κ1) is 16.4. The van der Waals surface area contributed by atoms with Gasteiger partial charge in [-0.05, 0) is 48.2 Å².